The van der Waals surface area contributed by atoms with Crippen LogP contribution in [0.4, 0.5) is 15.8 Å². The van der Waals surface area contributed by atoms with Gasteiger partial charge in [0.25, 0.3) is 10.0 Å². The predicted molar refractivity (Wildman–Crippen MR) is 118 cm³/mol. The fourth-order valence-corrected chi connectivity index (χ4v) is 5.33. The minimum atomic E-state index is -3.94. The highest BCUT2D eigenvalue weighted by Gasteiger charge is 2.28. The molecule has 30 heavy (non-hydrogen) atoms. The van der Waals surface area contributed by atoms with E-state index in [1.807, 2.05) is 42.3 Å². The third-order valence-corrected chi connectivity index (χ3v) is 7.55. The predicted octanol–water partition coefficient (Wildman–Crippen LogP) is 3.34. The summed E-state index contributed by atoms with van der Waals surface area (Å²) < 4.78 is 40.5. The Labute approximate surface area is 179 Å². The monoisotopic (exact) mass is 447 g/mol. The van der Waals surface area contributed by atoms with Crippen LogP contribution in [0.3, 0.4) is 0 Å². The Bertz CT molecular complexity index is 1060. The van der Waals surface area contributed by atoms with E-state index in [0.29, 0.717) is 13.1 Å². The molecule has 3 rings (SSSR count). The maximum atomic E-state index is 13.3. The van der Waals surface area contributed by atoms with E-state index in [0.717, 1.165) is 21.3 Å². The molecule has 1 heterocycles. The van der Waals surface area contributed by atoms with Crippen molar-refractivity contribution in [2.24, 2.45) is 0 Å². The van der Waals surface area contributed by atoms with Gasteiger partial charge in [-0.05, 0) is 47.8 Å². The van der Waals surface area contributed by atoms with Crippen molar-refractivity contribution in [3.8, 4) is 0 Å². The van der Waals surface area contributed by atoms with Gasteiger partial charge in [0.2, 0.25) is 5.91 Å². The van der Waals surface area contributed by atoms with E-state index in [-0.39, 0.29) is 9.90 Å². The maximum Gasteiger partial charge on any atom is 0.274 e. The van der Waals surface area contributed by atoms with Gasteiger partial charge >= 0.3 is 0 Å². The smallest absolute Gasteiger partial charge is 0.274 e. The first-order valence-electron chi connectivity index (χ1n) is 9.22. The van der Waals surface area contributed by atoms with Crippen LogP contribution in [0.2, 0.25) is 0 Å². The number of hydrogen-bond donors (Lipinski definition) is 1. The number of nitrogens with one attached hydrogen (secondary N) is 1. The highest BCUT2D eigenvalue weighted by Crippen LogP contribution is 2.26. The van der Waals surface area contributed by atoms with E-state index >= 15 is 0 Å². The third-order valence-electron chi connectivity index (χ3n) is 4.41. The molecule has 6 nitrogen and oxygen atoms in total. The number of anilines is 2. The lowest BCUT2D eigenvalue weighted by molar-refractivity contribution is -0.119. The minimum Gasteiger partial charge on any atom is -0.373 e. The van der Waals surface area contributed by atoms with Crippen molar-refractivity contribution in [2.45, 2.75) is 4.21 Å². The molecule has 1 amide bonds. The van der Waals surface area contributed by atoms with Crippen LogP contribution in [0, 0.1) is 5.82 Å². The number of nitrogens with zero attached hydrogens (tertiary/aromatic N) is 2. The molecule has 9 heteroatoms. The molecule has 158 valence electrons. The van der Waals surface area contributed by atoms with Crippen LogP contribution in [0.15, 0.2) is 76.3 Å². The van der Waals surface area contributed by atoms with Crippen LogP contribution in [0.1, 0.15) is 0 Å². The van der Waals surface area contributed by atoms with Gasteiger partial charge in [-0.25, -0.2) is 12.8 Å². The highest BCUT2D eigenvalue weighted by molar-refractivity contribution is 7.94. The molecule has 0 bridgehead atoms. The lowest BCUT2D eigenvalue weighted by Crippen LogP contribution is -2.42. The third kappa shape index (κ3) is 5.37. The number of thiophene rings is 1. The first-order valence-corrected chi connectivity index (χ1v) is 11.5. The lowest BCUT2D eigenvalue weighted by Gasteiger charge is -2.24. The molecule has 0 spiro atoms. The van der Waals surface area contributed by atoms with Crippen LogP contribution < -0.4 is 14.5 Å². The van der Waals surface area contributed by atoms with Gasteiger partial charge in [-0.15, -0.1) is 11.3 Å². The number of para-hydroxylation sites is 1. The van der Waals surface area contributed by atoms with Gasteiger partial charge in [-0.3, -0.25) is 9.10 Å². The SMILES string of the molecule is CN(CCNC(=O)CN(c1ccc(F)cc1)S(=O)(=O)c1cccs1)c1ccccc1. The number of carbonyl (C=O) groups is 1. The van der Waals surface area contributed by atoms with E-state index < -0.39 is 28.3 Å². The van der Waals surface area contributed by atoms with Crippen molar-refractivity contribution in [3.05, 3.63) is 77.9 Å². The molecule has 0 saturated carbocycles. The number of amides is 1. The Kier molecular flexibility index (Phi) is 7.07. The number of halogens is 1. The lowest BCUT2D eigenvalue weighted by atomic mass is 10.3. The van der Waals surface area contributed by atoms with Gasteiger partial charge in [0.05, 0.1) is 5.69 Å². The Morgan fingerprint density at radius 2 is 1.70 bits per heavy atom. The first kappa shape index (κ1) is 21.8. The van der Waals surface area contributed by atoms with Crippen molar-refractivity contribution >= 4 is 38.6 Å². The van der Waals surface area contributed by atoms with Gasteiger partial charge in [0, 0.05) is 25.8 Å². The van der Waals surface area contributed by atoms with Gasteiger partial charge in [-0.1, -0.05) is 24.3 Å². The number of sulfonamides is 1. The number of carbonyl (C=O) groups excluding carboxylic acids is 1. The second-order valence-electron chi connectivity index (χ2n) is 6.53. The fourth-order valence-electron chi connectivity index (χ4n) is 2.80. The zero-order valence-corrected chi connectivity index (χ0v) is 18.0. The normalized spacial score (nSPS) is 11.1. The molecule has 1 aromatic heterocycles. The zero-order valence-electron chi connectivity index (χ0n) is 16.4. The van der Waals surface area contributed by atoms with E-state index in [2.05, 4.69) is 5.32 Å². The molecular formula is C21H22FN3O3S2. The first-order chi connectivity index (χ1) is 14.4. The summed E-state index contributed by atoms with van der Waals surface area (Å²) in [7, 11) is -2.03. The Balaban J connectivity index is 1.68. The Morgan fingerprint density at radius 1 is 1.00 bits per heavy atom. The van der Waals surface area contributed by atoms with Crippen molar-refractivity contribution < 1.29 is 17.6 Å². The molecule has 3 aromatic rings. The molecule has 1 N–H and O–H groups in total. The molecule has 0 aliphatic rings. The Morgan fingerprint density at radius 3 is 2.33 bits per heavy atom. The van der Waals surface area contributed by atoms with Crippen LogP contribution in [-0.4, -0.2) is 41.0 Å². The Hall–Kier alpha value is -2.91. The average Bonchev–Trinajstić information content (AvgIpc) is 3.29. The molecule has 0 saturated heterocycles. The fraction of sp³-hybridized carbons (Fsp3) is 0.190. The molecule has 2 aromatic carbocycles. The minimum absolute atomic E-state index is 0.114. The summed E-state index contributed by atoms with van der Waals surface area (Å²) in [5, 5.41) is 4.40. The zero-order chi connectivity index (χ0) is 21.6. The van der Waals surface area contributed by atoms with Gasteiger partial charge in [-0.2, -0.15) is 0 Å². The molecular weight excluding hydrogens is 425 g/mol. The van der Waals surface area contributed by atoms with Crippen molar-refractivity contribution in [2.75, 3.05) is 35.9 Å². The topological polar surface area (TPSA) is 69.7 Å². The number of rotatable bonds is 9. The van der Waals surface area contributed by atoms with Crippen LogP contribution in [0.25, 0.3) is 0 Å². The molecule has 0 fully saturated rings. The standard InChI is InChI=1S/C21H22FN3O3S2/c1-24(18-6-3-2-4-7-18)14-13-23-20(26)16-25(19-11-9-17(22)10-12-19)30(27,28)21-8-5-15-29-21/h2-12,15H,13-14,16H2,1H3,(H,23,26). The summed E-state index contributed by atoms with van der Waals surface area (Å²) in [6.45, 7) is 0.505. The summed E-state index contributed by atoms with van der Waals surface area (Å²) in [4.78, 5) is 14.5. The van der Waals surface area contributed by atoms with Crippen molar-refractivity contribution in [1.82, 2.24) is 5.32 Å². The van der Waals surface area contributed by atoms with Crippen molar-refractivity contribution in [1.29, 1.82) is 0 Å². The second-order valence-corrected chi connectivity index (χ2v) is 9.56. The van der Waals surface area contributed by atoms with Crippen LogP contribution in [0.5, 0.6) is 0 Å². The summed E-state index contributed by atoms with van der Waals surface area (Å²) >= 11 is 1.06. The summed E-state index contributed by atoms with van der Waals surface area (Å²) in [5.41, 5.74) is 1.24. The number of likely N-dealkylation sites (N-methyl/N-ethyl adjacent to an activating group) is 1. The summed E-state index contributed by atoms with van der Waals surface area (Å²) in [6, 6.07) is 17.8. The van der Waals surface area contributed by atoms with E-state index in [4.69, 9.17) is 0 Å². The van der Waals surface area contributed by atoms with E-state index in [1.165, 1.54) is 30.3 Å². The molecule has 0 radical (unpaired) electrons. The van der Waals surface area contributed by atoms with Crippen LogP contribution >= 0.6 is 11.3 Å². The second kappa shape index (κ2) is 9.73. The summed E-state index contributed by atoms with van der Waals surface area (Å²) in [6.07, 6.45) is 0. The van der Waals surface area contributed by atoms with Crippen molar-refractivity contribution in [3.63, 3.8) is 0 Å². The van der Waals surface area contributed by atoms with Gasteiger partial charge < -0.3 is 10.2 Å². The highest BCUT2D eigenvalue weighted by atomic mass is 32.2. The van der Waals surface area contributed by atoms with Crippen LogP contribution in [-0.2, 0) is 14.8 Å². The molecule has 0 aliphatic carbocycles. The quantitative estimate of drug-likeness (QED) is 0.546. The summed E-state index contributed by atoms with van der Waals surface area (Å²) in [5.74, 6) is -0.929. The van der Waals surface area contributed by atoms with E-state index in [1.54, 1.807) is 11.4 Å². The molecule has 0 aliphatic heterocycles. The number of hydrogen-bond acceptors (Lipinski definition) is 5. The largest absolute Gasteiger partial charge is 0.373 e. The van der Waals surface area contributed by atoms with Gasteiger partial charge in [0.15, 0.2) is 0 Å². The molecule has 0 unspecified atom stereocenters. The average molecular weight is 448 g/mol. The van der Waals surface area contributed by atoms with Gasteiger partial charge in [0.1, 0.15) is 16.6 Å². The molecule has 0 atom stereocenters. The number of benzene rings is 2. The van der Waals surface area contributed by atoms with E-state index in [9.17, 15) is 17.6 Å². The maximum absolute atomic E-state index is 13.3.